The Labute approximate surface area is 195 Å². The first-order chi connectivity index (χ1) is 13.5. The predicted molar refractivity (Wildman–Crippen MR) is 97.3 cm³/mol. The van der Waals surface area contributed by atoms with Crippen LogP contribution < -0.4 is 51.2 Å². The Morgan fingerprint density at radius 2 is 1.83 bits per heavy atom. The molecule has 5 N–H and O–H groups in total. The zero-order chi connectivity index (χ0) is 21.8. The zero-order valence-corrected chi connectivity index (χ0v) is 19.1. The molecule has 0 aliphatic carbocycles. The van der Waals surface area contributed by atoms with Crippen LogP contribution in [0.3, 0.4) is 0 Å². The van der Waals surface area contributed by atoms with Crippen LogP contribution in [0.1, 0.15) is 18.0 Å². The molecule has 1 aromatic carbocycles. The van der Waals surface area contributed by atoms with Crippen molar-refractivity contribution in [3.05, 3.63) is 35.9 Å². The molecule has 12 nitrogen and oxygen atoms in total. The van der Waals surface area contributed by atoms with E-state index in [4.69, 9.17) is 5.73 Å². The van der Waals surface area contributed by atoms with Crippen LogP contribution >= 0.6 is 0 Å². The van der Waals surface area contributed by atoms with Gasteiger partial charge in [-0.15, -0.1) is 0 Å². The van der Waals surface area contributed by atoms with Gasteiger partial charge in [0.05, 0.1) is 19.0 Å². The van der Waals surface area contributed by atoms with Crippen LogP contribution in [0.25, 0.3) is 0 Å². The van der Waals surface area contributed by atoms with Crippen molar-refractivity contribution in [3.8, 4) is 0 Å². The molecule has 0 saturated carbocycles. The molecule has 4 amide bonds. The summed E-state index contributed by atoms with van der Waals surface area (Å²) in [6.07, 6.45) is -0.388. The monoisotopic (exact) mass is 449 g/mol. The van der Waals surface area contributed by atoms with Gasteiger partial charge in [-0.25, -0.2) is 12.7 Å². The molecule has 3 atom stereocenters. The van der Waals surface area contributed by atoms with E-state index in [0.717, 1.165) is 0 Å². The van der Waals surface area contributed by atoms with Crippen molar-refractivity contribution in [1.29, 1.82) is 0 Å². The number of β-lactam (4-membered cyclic amide) rings is 1. The molecular weight excluding hydrogens is 429 g/mol. The third-order valence-corrected chi connectivity index (χ3v) is 5.04. The number of rotatable bonds is 8. The molecule has 1 aliphatic rings. The van der Waals surface area contributed by atoms with Gasteiger partial charge < -0.3 is 26.2 Å². The average molecular weight is 449 g/mol. The van der Waals surface area contributed by atoms with Gasteiger partial charge in [0.25, 0.3) is 5.91 Å². The molecule has 0 spiro atoms. The summed E-state index contributed by atoms with van der Waals surface area (Å²) in [5.41, 5.74) is 5.98. The third-order valence-electron chi connectivity index (χ3n) is 4.17. The fourth-order valence-corrected chi connectivity index (χ4v) is 3.28. The van der Waals surface area contributed by atoms with Crippen molar-refractivity contribution in [2.45, 2.75) is 24.5 Å². The Bertz CT molecular complexity index is 912. The SMILES string of the molecule is CNC(=O)C(N)CC(=O)NC(C(=O)NC1CN(S(=O)(=O)[O-])C1=O)c1ccccc1.[Na+]. The number of carbonyl (C=O) groups is 4. The first-order valence-corrected chi connectivity index (χ1v) is 9.80. The standard InChI is InChI=1S/C16H21N5O7S.Na/c1-18-14(23)10(17)7-12(22)20-13(9-5-3-2-4-6-9)15(24)19-11-8-21(16(11)25)29(26,27)28;/h2-6,10-11,13H,7-8,17H2,1H3,(H,18,23)(H,19,24)(H,20,22)(H,26,27,28);/q;+1/p-1. The maximum Gasteiger partial charge on any atom is 1.00 e. The van der Waals surface area contributed by atoms with Gasteiger partial charge in [0.2, 0.25) is 17.7 Å². The first-order valence-electron chi connectivity index (χ1n) is 8.44. The summed E-state index contributed by atoms with van der Waals surface area (Å²) in [7, 11) is -3.58. The van der Waals surface area contributed by atoms with Gasteiger partial charge in [0.15, 0.2) is 10.3 Å². The summed E-state index contributed by atoms with van der Waals surface area (Å²) in [6, 6.07) is 4.49. The summed E-state index contributed by atoms with van der Waals surface area (Å²) < 4.78 is 32.7. The van der Waals surface area contributed by atoms with E-state index in [1.807, 2.05) is 0 Å². The van der Waals surface area contributed by atoms with E-state index < -0.39 is 58.6 Å². The summed E-state index contributed by atoms with van der Waals surface area (Å²) in [4.78, 5) is 48.1. The van der Waals surface area contributed by atoms with Crippen LogP contribution in [0.2, 0.25) is 0 Å². The van der Waals surface area contributed by atoms with Crippen LogP contribution in [-0.4, -0.2) is 66.6 Å². The number of hydrogen-bond donors (Lipinski definition) is 4. The Morgan fingerprint density at radius 1 is 1.23 bits per heavy atom. The van der Waals surface area contributed by atoms with Crippen LogP contribution in [-0.2, 0) is 29.5 Å². The smallest absolute Gasteiger partial charge is 0.731 e. The minimum atomic E-state index is -4.94. The van der Waals surface area contributed by atoms with E-state index in [0.29, 0.717) is 5.56 Å². The van der Waals surface area contributed by atoms with Gasteiger partial charge in [-0.2, -0.15) is 0 Å². The van der Waals surface area contributed by atoms with Crippen LogP contribution in [0.5, 0.6) is 0 Å². The van der Waals surface area contributed by atoms with Gasteiger partial charge in [-0.05, 0) is 5.56 Å². The zero-order valence-electron chi connectivity index (χ0n) is 16.3. The second-order valence-corrected chi connectivity index (χ2v) is 7.52. The molecule has 3 unspecified atom stereocenters. The summed E-state index contributed by atoms with van der Waals surface area (Å²) in [5.74, 6) is -3.10. The number of carbonyl (C=O) groups excluding carboxylic acids is 4. The number of benzene rings is 1. The fourth-order valence-electron chi connectivity index (χ4n) is 2.60. The molecule has 1 saturated heterocycles. The predicted octanol–water partition coefficient (Wildman–Crippen LogP) is -5.90. The molecular formula is C16H20N5NaO7S. The molecule has 2 rings (SSSR count). The number of hydrogen-bond acceptors (Lipinski definition) is 8. The van der Waals surface area contributed by atoms with Crippen molar-refractivity contribution in [2.75, 3.05) is 13.6 Å². The summed E-state index contributed by atoms with van der Waals surface area (Å²) >= 11 is 0. The summed E-state index contributed by atoms with van der Waals surface area (Å²) in [6.45, 7) is -0.493. The number of nitrogens with one attached hydrogen (secondary N) is 3. The topological polar surface area (TPSA) is 191 Å². The number of amides is 4. The minimum Gasteiger partial charge on any atom is -0.731 e. The largest absolute Gasteiger partial charge is 1.00 e. The molecule has 1 fully saturated rings. The average Bonchev–Trinajstić information content (AvgIpc) is 2.67. The van der Waals surface area contributed by atoms with Crippen molar-refractivity contribution in [2.24, 2.45) is 5.73 Å². The summed E-state index contributed by atoms with van der Waals surface area (Å²) in [5, 5.41) is 7.04. The molecule has 1 aliphatic heterocycles. The molecule has 0 bridgehead atoms. The Hall–Kier alpha value is -2.03. The Morgan fingerprint density at radius 3 is 2.33 bits per heavy atom. The normalized spacial score (nSPS) is 17.6. The molecule has 14 heteroatoms. The number of nitrogens with zero attached hydrogens (tertiary/aromatic N) is 1. The van der Waals surface area contributed by atoms with Crippen molar-refractivity contribution in [1.82, 2.24) is 20.3 Å². The molecule has 1 heterocycles. The maximum atomic E-state index is 12.6. The van der Waals surface area contributed by atoms with Crippen LogP contribution in [0, 0.1) is 0 Å². The Balaban J connectivity index is 0.00000450. The van der Waals surface area contributed by atoms with Gasteiger partial charge in [0, 0.05) is 7.05 Å². The van der Waals surface area contributed by atoms with Gasteiger partial charge in [-0.1, -0.05) is 30.3 Å². The number of nitrogens with two attached hydrogens (primary N) is 1. The third kappa shape index (κ3) is 6.48. The van der Waals surface area contributed by atoms with Crippen LogP contribution in [0.15, 0.2) is 30.3 Å². The quantitative estimate of drug-likeness (QED) is 0.171. The van der Waals surface area contributed by atoms with Gasteiger partial charge >= 0.3 is 29.6 Å². The first kappa shape index (κ1) is 26.0. The molecule has 1 aromatic rings. The molecule has 158 valence electrons. The van der Waals surface area contributed by atoms with Gasteiger partial charge in [-0.3, -0.25) is 19.2 Å². The Kier molecular flexibility index (Phi) is 9.39. The minimum absolute atomic E-state index is 0. The van der Waals surface area contributed by atoms with Crippen LogP contribution in [0.4, 0.5) is 0 Å². The van der Waals surface area contributed by atoms with Gasteiger partial charge in [0.1, 0.15) is 12.1 Å². The molecule has 0 radical (unpaired) electrons. The van der Waals surface area contributed by atoms with E-state index in [-0.39, 0.29) is 40.3 Å². The molecule has 0 aromatic heterocycles. The van der Waals surface area contributed by atoms with Crippen molar-refractivity contribution in [3.63, 3.8) is 0 Å². The second kappa shape index (κ2) is 10.8. The van der Waals surface area contributed by atoms with E-state index in [1.54, 1.807) is 30.3 Å². The van der Waals surface area contributed by atoms with E-state index in [9.17, 15) is 32.1 Å². The van der Waals surface area contributed by atoms with E-state index in [2.05, 4.69) is 16.0 Å². The fraction of sp³-hybridized carbons (Fsp3) is 0.375. The number of likely N-dealkylation sites (N-methyl/N-ethyl adjacent to an activating group) is 1. The van der Waals surface area contributed by atoms with Crippen molar-refractivity contribution >= 4 is 33.9 Å². The maximum absolute atomic E-state index is 12.6. The van der Waals surface area contributed by atoms with E-state index in [1.165, 1.54) is 7.05 Å². The molecule has 30 heavy (non-hydrogen) atoms. The van der Waals surface area contributed by atoms with E-state index >= 15 is 0 Å². The second-order valence-electron chi connectivity index (χ2n) is 6.22. The van der Waals surface area contributed by atoms with Crippen molar-refractivity contribution < 1.29 is 61.7 Å².